The van der Waals surface area contributed by atoms with Crippen molar-refractivity contribution in [2.75, 3.05) is 13.2 Å². The summed E-state index contributed by atoms with van der Waals surface area (Å²) in [6.45, 7) is 11.9. The predicted octanol–water partition coefficient (Wildman–Crippen LogP) is 2.60. The zero-order valence-corrected chi connectivity index (χ0v) is 12.4. The van der Waals surface area contributed by atoms with E-state index in [1.807, 2.05) is 34.6 Å². The van der Waals surface area contributed by atoms with Crippen LogP contribution in [-0.2, 0) is 19.1 Å². The number of hydrogen-bond donors (Lipinski definition) is 0. The van der Waals surface area contributed by atoms with Gasteiger partial charge < -0.3 is 9.47 Å². The normalized spacial score (nSPS) is 15.0. The summed E-state index contributed by atoms with van der Waals surface area (Å²) in [6.07, 6.45) is -0.131. The number of rotatable bonds is 7. The molecule has 106 valence electrons. The fraction of sp³-hybridized carbons (Fsp3) is 0.857. The summed E-state index contributed by atoms with van der Waals surface area (Å²) in [7, 11) is 0. The molecule has 0 bridgehead atoms. The van der Waals surface area contributed by atoms with E-state index in [0.29, 0.717) is 13.0 Å². The quantitative estimate of drug-likeness (QED) is 0.520. The zero-order chi connectivity index (χ0) is 14.3. The summed E-state index contributed by atoms with van der Waals surface area (Å²) in [5.41, 5.74) is -0.326. The molecule has 0 saturated carbocycles. The molecule has 0 fully saturated rings. The Labute approximate surface area is 110 Å². The van der Waals surface area contributed by atoms with Gasteiger partial charge in [-0.3, -0.25) is 9.59 Å². The molecule has 0 aliphatic heterocycles. The van der Waals surface area contributed by atoms with Crippen molar-refractivity contribution < 1.29 is 19.1 Å². The summed E-state index contributed by atoms with van der Waals surface area (Å²) < 4.78 is 10.5. The number of Topliss-reactive ketones (excluding diaryl/α,β-unsaturated/α-hetero) is 1. The highest BCUT2D eigenvalue weighted by atomic mass is 16.5. The van der Waals surface area contributed by atoms with Crippen LogP contribution < -0.4 is 0 Å². The van der Waals surface area contributed by atoms with Gasteiger partial charge in [-0.25, -0.2) is 0 Å². The Morgan fingerprint density at radius 3 is 1.94 bits per heavy atom. The summed E-state index contributed by atoms with van der Waals surface area (Å²) in [5.74, 6) is -1.34. The van der Waals surface area contributed by atoms with Crippen LogP contribution in [0.25, 0.3) is 0 Å². The van der Waals surface area contributed by atoms with Gasteiger partial charge in [-0.15, -0.1) is 0 Å². The van der Waals surface area contributed by atoms with Crippen molar-refractivity contribution in [1.29, 1.82) is 0 Å². The van der Waals surface area contributed by atoms with Gasteiger partial charge in [0.1, 0.15) is 12.0 Å². The Bertz CT molecular complexity index is 278. The van der Waals surface area contributed by atoms with Crippen molar-refractivity contribution in [3.63, 3.8) is 0 Å². The molecule has 0 rings (SSSR count). The van der Waals surface area contributed by atoms with Crippen molar-refractivity contribution in [3.05, 3.63) is 0 Å². The molecule has 18 heavy (non-hydrogen) atoms. The maximum atomic E-state index is 12.4. The first-order chi connectivity index (χ1) is 8.29. The Morgan fingerprint density at radius 2 is 1.61 bits per heavy atom. The van der Waals surface area contributed by atoms with Crippen molar-refractivity contribution in [2.45, 2.75) is 54.1 Å². The Balaban J connectivity index is 4.98. The highest BCUT2D eigenvalue weighted by molar-refractivity contribution is 6.01. The van der Waals surface area contributed by atoms with E-state index in [1.54, 1.807) is 6.92 Å². The van der Waals surface area contributed by atoms with Crippen LogP contribution in [0.15, 0.2) is 0 Å². The molecule has 2 unspecified atom stereocenters. The van der Waals surface area contributed by atoms with Crippen LogP contribution >= 0.6 is 0 Å². The van der Waals surface area contributed by atoms with Gasteiger partial charge in [0.25, 0.3) is 0 Å². The van der Waals surface area contributed by atoms with Gasteiger partial charge >= 0.3 is 5.97 Å². The SMILES string of the molecule is CCOC(=O)C(CC)C(=O)C(OCC)C(C)(C)C. The Kier molecular flexibility index (Phi) is 7.14. The second-order valence-electron chi connectivity index (χ2n) is 5.32. The van der Waals surface area contributed by atoms with Gasteiger partial charge in [0.2, 0.25) is 0 Å². The van der Waals surface area contributed by atoms with Crippen LogP contribution in [0, 0.1) is 11.3 Å². The minimum atomic E-state index is -0.722. The highest BCUT2D eigenvalue weighted by Crippen LogP contribution is 2.26. The molecule has 0 aromatic carbocycles. The highest BCUT2D eigenvalue weighted by Gasteiger charge is 2.38. The molecule has 4 nitrogen and oxygen atoms in total. The summed E-state index contributed by atoms with van der Waals surface area (Å²) in [4.78, 5) is 24.2. The lowest BCUT2D eigenvalue weighted by Gasteiger charge is -2.31. The molecule has 0 heterocycles. The van der Waals surface area contributed by atoms with Gasteiger partial charge in [-0.2, -0.15) is 0 Å². The third kappa shape index (κ3) is 4.77. The molecule has 0 aliphatic rings. The van der Waals surface area contributed by atoms with E-state index < -0.39 is 18.0 Å². The number of hydrogen-bond acceptors (Lipinski definition) is 4. The van der Waals surface area contributed by atoms with Crippen molar-refractivity contribution in [1.82, 2.24) is 0 Å². The molecule has 0 spiro atoms. The first-order valence-corrected chi connectivity index (χ1v) is 6.61. The smallest absolute Gasteiger partial charge is 0.316 e. The minimum absolute atomic E-state index is 0.176. The molecule has 0 aliphatic carbocycles. The van der Waals surface area contributed by atoms with Crippen LogP contribution in [0.5, 0.6) is 0 Å². The van der Waals surface area contributed by atoms with Crippen molar-refractivity contribution >= 4 is 11.8 Å². The molecule has 0 aromatic rings. The van der Waals surface area contributed by atoms with Crippen molar-refractivity contribution in [3.8, 4) is 0 Å². The van der Waals surface area contributed by atoms with Gasteiger partial charge in [0, 0.05) is 6.61 Å². The monoisotopic (exact) mass is 258 g/mol. The lowest BCUT2D eigenvalue weighted by atomic mass is 9.81. The average molecular weight is 258 g/mol. The van der Waals surface area contributed by atoms with Crippen LogP contribution in [-0.4, -0.2) is 31.1 Å². The number of carbonyl (C=O) groups excluding carboxylic acids is 2. The van der Waals surface area contributed by atoms with Crippen LogP contribution in [0.1, 0.15) is 48.0 Å². The van der Waals surface area contributed by atoms with E-state index in [-0.39, 0.29) is 17.8 Å². The maximum absolute atomic E-state index is 12.4. The zero-order valence-electron chi connectivity index (χ0n) is 12.4. The van der Waals surface area contributed by atoms with Crippen LogP contribution in [0.2, 0.25) is 0 Å². The summed E-state index contributed by atoms with van der Waals surface area (Å²) in [5, 5.41) is 0. The number of ketones is 1. The van der Waals surface area contributed by atoms with Gasteiger partial charge in [-0.05, 0) is 25.7 Å². The fourth-order valence-electron chi connectivity index (χ4n) is 1.84. The number of esters is 1. The maximum Gasteiger partial charge on any atom is 0.316 e. The lowest BCUT2D eigenvalue weighted by molar-refractivity contribution is -0.157. The standard InChI is InChI=1S/C14H26O4/c1-7-10(13(16)18-9-3)11(15)12(17-8-2)14(4,5)6/h10,12H,7-9H2,1-6H3. The fourth-order valence-corrected chi connectivity index (χ4v) is 1.84. The summed E-state index contributed by atoms with van der Waals surface area (Å²) >= 11 is 0. The van der Waals surface area contributed by atoms with Gasteiger partial charge in [0.05, 0.1) is 6.61 Å². The topological polar surface area (TPSA) is 52.6 Å². The number of ether oxygens (including phenoxy) is 2. The predicted molar refractivity (Wildman–Crippen MR) is 70.3 cm³/mol. The largest absolute Gasteiger partial charge is 0.465 e. The van der Waals surface area contributed by atoms with E-state index in [2.05, 4.69) is 0 Å². The molecule has 0 radical (unpaired) electrons. The molecule has 4 heteroatoms. The molecular weight excluding hydrogens is 232 g/mol. The number of carbonyl (C=O) groups is 2. The molecule has 0 aromatic heterocycles. The molecule has 0 amide bonds. The van der Waals surface area contributed by atoms with E-state index in [1.165, 1.54) is 0 Å². The summed E-state index contributed by atoms with van der Waals surface area (Å²) in [6, 6.07) is 0. The minimum Gasteiger partial charge on any atom is -0.465 e. The van der Waals surface area contributed by atoms with E-state index in [0.717, 1.165) is 0 Å². The second-order valence-corrected chi connectivity index (χ2v) is 5.32. The van der Waals surface area contributed by atoms with Gasteiger partial charge in [0.15, 0.2) is 5.78 Å². The first-order valence-electron chi connectivity index (χ1n) is 6.61. The van der Waals surface area contributed by atoms with Crippen LogP contribution in [0.4, 0.5) is 0 Å². The van der Waals surface area contributed by atoms with Gasteiger partial charge in [-0.1, -0.05) is 27.7 Å². The average Bonchev–Trinajstić information content (AvgIpc) is 2.25. The van der Waals surface area contributed by atoms with E-state index in [4.69, 9.17) is 9.47 Å². The van der Waals surface area contributed by atoms with E-state index >= 15 is 0 Å². The van der Waals surface area contributed by atoms with Crippen molar-refractivity contribution in [2.24, 2.45) is 11.3 Å². The first kappa shape index (κ1) is 17.1. The van der Waals surface area contributed by atoms with E-state index in [9.17, 15) is 9.59 Å². The molecule has 2 atom stereocenters. The molecule has 0 saturated heterocycles. The Morgan fingerprint density at radius 1 is 1.06 bits per heavy atom. The molecular formula is C14H26O4. The van der Waals surface area contributed by atoms with Crippen LogP contribution in [0.3, 0.4) is 0 Å². The lowest BCUT2D eigenvalue weighted by Crippen LogP contribution is -2.43. The Hall–Kier alpha value is -0.900. The third-order valence-corrected chi connectivity index (χ3v) is 2.70. The molecule has 0 N–H and O–H groups in total. The third-order valence-electron chi connectivity index (χ3n) is 2.70. The second kappa shape index (κ2) is 7.52.